The third-order valence-corrected chi connectivity index (χ3v) is 4.89. The second kappa shape index (κ2) is 7.28. The number of benzene rings is 2. The van der Waals surface area contributed by atoms with Crippen molar-refractivity contribution >= 4 is 21.6 Å². The highest BCUT2D eigenvalue weighted by molar-refractivity contribution is 7.92. The van der Waals surface area contributed by atoms with E-state index in [1.807, 2.05) is 19.9 Å². The van der Waals surface area contributed by atoms with Crippen LogP contribution in [0.1, 0.15) is 24.2 Å². The van der Waals surface area contributed by atoms with Crippen molar-refractivity contribution in [3.8, 4) is 0 Å². The molecule has 1 N–H and O–H groups in total. The summed E-state index contributed by atoms with van der Waals surface area (Å²) in [5.74, 6) is -0.102. The predicted molar refractivity (Wildman–Crippen MR) is 90.9 cm³/mol. The normalized spacial score (nSPS) is 11.0. The van der Waals surface area contributed by atoms with E-state index >= 15 is 0 Å². The lowest BCUT2D eigenvalue weighted by Gasteiger charge is -2.18. The molecule has 5 nitrogen and oxygen atoms in total. The van der Waals surface area contributed by atoms with Crippen LogP contribution in [0.5, 0.6) is 0 Å². The molecule has 0 saturated carbocycles. The van der Waals surface area contributed by atoms with Crippen molar-refractivity contribution in [1.82, 2.24) is 4.90 Å². The minimum absolute atomic E-state index is 0.102. The molecule has 0 saturated heterocycles. The third-order valence-electron chi connectivity index (χ3n) is 3.49. The molecular weight excluding hydrogens is 312 g/mol. The van der Waals surface area contributed by atoms with Gasteiger partial charge in [0.15, 0.2) is 0 Å². The number of nitrogens with one attached hydrogen (secondary N) is 1. The molecule has 0 spiro atoms. The fourth-order valence-electron chi connectivity index (χ4n) is 2.19. The molecule has 0 fully saturated rings. The number of para-hydroxylation sites is 1. The zero-order valence-corrected chi connectivity index (χ0v) is 14.0. The van der Waals surface area contributed by atoms with Gasteiger partial charge in [0, 0.05) is 24.3 Å². The smallest absolute Gasteiger partial charge is 0.261 e. The lowest BCUT2D eigenvalue weighted by molar-refractivity contribution is 0.0773. The lowest BCUT2D eigenvalue weighted by atomic mass is 10.2. The fourth-order valence-corrected chi connectivity index (χ4v) is 3.25. The van der Waals surface area contributed by atoms with Crippen LogP contribution in [0, 0.1) is 0 Å². The second-order valence-electron chi connectivity index (χ2n) is 4.97. The number of sulfonamides is 1. The summed E-state index contributed by atoms with van der Waals surface area (Å²) >= 11 is 0. The second-order valence-corrected chi connectivity index (χ2v) is 6.66. The number of anilines is 1. The molecule has 2 aromatic carbocycles. The Morgan fingerprint density at radius 1 is 0.957 bits per heavy atom. The first-order chi connectivity index (χ1) is 11.0. The van der Waals surface area contributed by atoms with Crippen molar-refractivity contribution in [1.29, 1.82) is 0 Å². The van der Waals surface area contributed by atoms with Crippen LogP contribution in [-0.4, -0.2) is 32.3 Å². The van der Waals surface area contributed by atoms with E-state index in [0.29, 0.717) is 24.3 Å². The van der Waals surface area contributed by atoms with Crippen LogP contribution in [0.15, 0.2) is 59.5 Å². The molecule has 2 aromatic rings. The highest BCUT2D eigenvalue weighted by Gasteiger charge is 2.16. The van der Waals surface area contributed by atoms with Crippen LogP contribution in [-0.2, 0) is 10.0 Å². The van der Waals surface area contributed by atoms with Crippen molar-refractivity contribution < 1.29 is 13.2 Å². The number of nitrogens with zero attached hydrogens (tertiary/aromatic N) is 1. The van der Waals surface area contributed by atoms with Gasteiger partial charge in [-0.25, -0.2) is 8.42 Å². The van der Waals surface area contributed by atoms with E-state index in [4.69, 9.17) is 0 Å². The van der Waals surface area contributed by atoms with E-state index in [2.05, 4.69) is 4.72 Å². The van der Waals surface area contributed by atoms with Crippen LogP contribution in [0.2, 0.25) is 0 Å². The maximum atomic E-state index is 12.3. The maximum Gasteiger partial charge on any atom is 0.261 e. The number of rotatable bonds is 6. The Kier molecular flexibility index (Phi) is 5.39. The molecule has 2 rings (SSSR count). The molecule has 0 aliphatic carbocycles. The highest BCUT2D eigenvalue weighted by Crippen LogP contribution is 2.17. The van der Waals surface area contributed by atoms with Gasteiger partial charge in [-0.3, -0.25) is 9.52 Å². The van der Waals surface area contributed by atoms with Gasteiger partial charge in [-0.1, -0.05) is 18.2 Å². The molecular formula is C17H20N2O3S. The zero-order chi connectivity index (χ0) is 16.9. The van der Waals surface area contributed by atoms with Crippen LogP contribution in [0.25, 0.3) is 0 Å². The summed E-state index contributed by atoms with van der Waals surface area (Å²) in [5, 5.41) is 0. The van der Waals surface area contributed by atoms with Gasteiger partial charge in [-0.05, 0) is 50.2 Å². The van der Waals surface area contributed by atoms with Crippen LogP contribution < -0.4 is 4.72 Å². The summed E-state index contributed by atoms with van der Waals surface area (Å²) in [6, 6.07) is 14.6. The van der Waals surface area contributed by atoms with Crippen molar-refractivity contribution in [2.45, 2.75) is 18.7 Å². The first-order valence-corrected chi connectivity index (χ1v) is 8.93. The molecule has 0 radical (unpaired) electrons. The van der Waals surface area contributed by atoms with E-state index in [-0.39, 0.29) is 10.8 Å². The van der Waals surface area contributed by atoms with Gasteiger partial charge in [0.25, 0.3) is 15.9 Å². The molecule has 0 aliphatic rings. The minimum atomic E-state index is -3.66. The molecule has 0 heterocycles. The summed E-state index contributed by atoms with van der Waals surface area (Å²) in [4.78, 5) is 14.0. The van der Waals surface area contributed by atoms with Gasteiger partial charge < -0.3 is 4.90 Å². The molecule has 1 amide bonds. The number of hydrogen-bond donors (Lipinski definition) is 1. The Morgan fingerprint density at radius 3 is 2.04 bits per heavy atom. The van der Waals surface area contributed by atoms with Gasteiger partial charge in [-0.15, -0.1) is 0 Å². The first-order valence-electron chi connectivity index (χ1n) is 7.45. The van der Waals surface area contributed by atoms with Crippen LogP contribution in [0.4, 0.5) is 5.69 Å². The molecule has 0 atom stereocenters. The van der Waals surface area contributed by atoms with E-state index in [9.17, 15) is 13.2 Å². The lowest BCUT2D eigenvalue weighted by Crippen LogP contribution is -2.30. The topological polar surface area (TPSA) is 66.5 Å². The van der Waals surface area contributed by atoms with Crippen molar-refractivity contribution in [2.75, 3.05) is 17.8 Å². The monoisotopic (exact) mass is 332 g/mol. The van der Waals surface area contributed by atoms with Gasteiger partial charge in [0.05, 0.1) is 4.90 Å². The molecule has 6 heteroatoms. The van der Waals surface area contributed by atoms with Crippen molar-refractivity contribution in [2.24, 2.45) is 0 Å². The summed E-state index contributed by atoms with van der Waals surface area (Å²) in [5.41, 5.74) is 0.975. The fraction of sp³-hybridized carbons (Fsp3) is 0.235. The summed E-state index contributed by atoms with van der Waals surface area (Å²) in [6.45, 7) is 5.05. The number of hydrogen-bond acceptors (Lipinski definition) is 3. The molecule has 0 unspecified atom stereocenters. The highest BCUT2D eigenvalue weighted by atomic mass is 32.2. The van der Waals surface area contributed by atoms with E-state index in [1.54, 1.807) is 41.3 Å². The number of carbonyl (C=O) groups excluding carboxylic acids is 1. The molecule has 122 valence electrons. The van der Waals surface area contributed by atoms with Gasteiger partial charge in [-0.2, -0.15) is 0 Å². The largest absolute Gasteiger partial charge is 0.339 e. The third kappa shape index (κ3) is 4.10. The molecule has 0 aliphatic heterocycles. The summed E-state index contributed by atoms with van der Waals surface area (Å²) < 4.78 is 27.2. The number of carbonyl (C=O) groups is 1. The Bertz CT molecular complexity index is 752. The van der Waals surface area contributed by atoms with Gasteiger partial charge >= 0.3 is 0 Å². The maximum absolute atomic E-state index is 12.3. The average Bonchev–Trinajstić information content (AvgIpc) is 2.56. The van der Waals surface area contributed by atoms with Gasteiger partial charge in [0.1, 0.15) is 0 Å². The Labute approximate surface area is 137 Å². The number of amides is 1. The summed E-state index contributed by atoms with van der Waals surface area (Å²) in [7, 11) is -3.66. The average molecular weight is 332 g/mol. The zero-order valence-electron chi connectivity index (χ0n) is 13.2. The molecule has 0 aromatic heterocycles. The Balaban J connectivity index is 2.20. The van der Waals surface area contributed by atoms with E-state index in [0.717, 1.165) is 0 Å². The van der Waals surface area contributed by atoms with E-state index in [1.165, 1.54) is 12.1 Å². The molecule has 0 bridgehead atoms. The van der Waals surface area contributed by atoms with Crippen LogP contribution >= 0.6 is 0 Å². The minimum Gasteiger partial charge on any atom is -0.339 e. The predicted octanol–water partition coefficient (Wildman–Crippen LogP) is 2.97. The van der Waals surface area contributed by atoms with Crippen molar-refractivity contribution in [3.63, 3.8) is 0 Å². The van der Waals surface area contributed by atoms with Crippen molar-refractivity contribution in [3.05, 3.63) is 60.2 Å². The summed E-state index contributed by atoms with van der Waals surface area (Å²) in [6.07, 6.45) is 0. The SMILES string of the molecule is CCN(CC)C(=O)c1ccc(S(=O)(=O)Nc2ccccc2)cc1. The quantitative estimate of drug-likeness (QED) is 0.884. The molecule has 23 heavy (non-hydrogen) atoms. The Hall–Kier alpha value is -2.34. The standard InChI is InChI=1S/C17H20N2O3S/c1-3-19(4-2)17(20)14-10-12-16(13-11-14)23(21,22)18-15-8-6-5-7-9-15/h5-13,18H,3-4H2,1-2H3. The first kappa shape index (κ1) is 17.0. The van der Waals surface area contributed by atoms with E-state index < -0.39 is 10.0 Å². The van der Waals surface area contributed by atoms with Gasteiger partial charge in [0.2, 0.25) is 0 Å². The van der Waals surface area contributed by atoms with Crippen LogP contribution in [0.3, 0.4) is 0 Å². The Morgan fingerprint density at radius 2 is 1.52 bits per heavy atom.